The zero-order chi connectivity index (χ0) is 45.3. The van der Waals surface area contributed by atoms with Crippen LogP contribution in [0.1, 0.15) is 67.9 Å². The van der Waals surface area contributed by atoms with Gasteiger partial charge in [0.25, 0.3) is 0 Å². The lowest BCUT2D eigenvalue weighted by molar-refractivity contribution is -0.329. The third-order valence-electron chi connectivity index (χ3n) is 11.7. The fourth-order valence-corrected chi connectivity index (χ4v) is 8.36. The second-order valence-electron chi connectivity index (χ2n) is 17.2. The maximum absolute atomic E-state index is 13.8. The van der Waals surface area contributed by atoms with E-state index in [4.69, 9.17) is 42.6 Å². The van der Waals surface area contributed by atoms with E-state index >= 15 is 0 Å². The van der Waals surface area contributed by atoms with Crippen LogP contribution in [0.25, 0.3) is 0 Å². The topological polar surface area (TPSA) is 112 Å². The molecule has 2 heterocycles. The van der Waals surface area contributed by atoms with Crippen molar-refractivity contribution in [1.29, 1.82) is 0 Å². The van der Waals surface area contributed by atoms with Crippen molar-refractivity contribution < 1.29 is 47.4 Å². The molecule has 5 unspecified atom stereocenters. The number of unbranched alkanes of at least 4 members (excludes halogenated alkanes) is 1. The van der Waals surface area contributed by atoms with Crippen molar-refractivity contribution in [3.63, 3.8) is 0 Å². The van der Waals surface area contributed by atoms with Gasteiger partial charge >= 0.3 is 0 Å². The van der Waals surface area contributed by atoms with Crippen LogP contribution in [0.5, 0.6) is 5.75 Å². The Bertz CT molecular complexity index is 2110. The Kier molecular flexibility index (Phi) is 18.1. The van der Waals surface area contributed by atoms with Crippen LogP contribution in [-0.4, -0.2) is 81.0 Å². The molecule has 11 nitrogen and oxygen atoms in total. The number of methoxy groups -OCH3 is 1. The molecule has 5 aromatic rings. The van der Waals surface area contributed by atoms with Crippen molar-refractivity contribution in [3.05, 3.63) is 173 Å². The summed E-state index contributed by atoms with van der Waals surface area (Å²) in [5, 5.41) is 3.26. The van der Waals surface area contributed by atoms with E-state index in [2.05, 4.69) is 17.4 Å². The number of amides is 1. The normalized spacial score (nSPS) is 23.2. The highest BCUT2D eigenvalue weighted by molar-refractivity contribution is 5.76. The van der Waals surface area contributed by atoms with E-state index in [1.165, 1.54) is 5.56 Å². The Morgan fingerprint density at radius 2 is 1.14 bits per heavy atom. The molecule has 7 rings (SSSR count). The standard InChI is InChI=1S/C54H65NO10/c1-39-49(65-54(2,3)64-39)46(55-48(56)28-18-17-19-40-29-31-45(57-4)32-30-40)37-62-53-52(61-36-44-26-15-8-16-27-44)51(60-35-43-24-13-7-14-25-43)50(59-34-42-22-11-6-12-23-42)47(63-53)38-58-33-41-20-9-5-10-21-41/h5-16,20-27,29-32,39,46-47,49-53H,17-19,28,33-38H2,1-4H3,(H,55,56)/t39-,46+,47?,49-,50?,51?,52?,53?/m1/s1. The summed E-state index contributed by atoms with van der Waals surface area (Å²) in [7, 11) is 1.66. The van der Waals surface area contributed by atoms with Crippen molar-refractivity contribution in [2.75, 3.05) is 20.3 Å². The first-order chi connectivity index (χ1) is 31.7. The Hall–Kier alpha value is -4.95. The van der Waals surface area contributed by atoms with Crippen LogP contribution in [0.15, 0.2) is 146 Å². The highest BCUT2D eigenvalue weighted by atomic mass is 16.8. The van der Waals surface area contributed by atoms with Gasteiger partial charge in [-0.1, -0.05) is 133 Å². The van der Waals surface area contributed by atoms with Crippen LogP contribution >= 0.6 is 0 Å². The van der Waals surface area contributed by atoms with Gasteiger partial charge in [-0.3, -0.25) is 4.79 Å². The second kappa shape index (κ2) is 24.5. The Balaban J connectivity index is 1.14. The largest absolute Gasteiger partial charge is 0.497 e. The van der Waals surface area contributed by atoms with Crippen LogP contribution in [0.3, 0.4) is 0 Å². The molecule has 1 amide bonds. The van der Waals surface area contributed by atoms with Gasteiger partial charge in [0, 0.05) is 6.42 Å². The van der Waals surface area contributed by atoms with Gasteiger partial charge in [-0.25, -0.2) is 0 Å². The number of hydrogen-bond donors (Lipinski definition) is 1. The predicted octanol–water partition coefficient (Wildman–Crippen LogP) is 9.15. The third kappa shape index (κ3) is 14.8. The molecule has 346 valence electrons. The van der Waals surface area contributed by atoms with Crippen LogP contribution in [0, 0.1) is 0 Å². The minimum atomic E-state index is -0.962. The number of aryl methyl sites for hydroxylation is 1. The number of benzene rings is 5. The lowest BCUT2D eigenvalue weighted by Gasteiger charge is -2.46. The second-order valence-corrected chi connectivity index (χ2v) is 17.2. The Morgan fingerprint density at radius 3 is 1.66 bits per heavy atom. The number of carbonyl (C=O) groups is 1. The molecule has 0 spiro atoms. The first kappa shape index (κ1) is 48.0. The molecule has 11 heteroatoms. The molecule has 5 aromatic carbocycles. The molecule has 0 saturated carbocycles. The fourth-order valence-electron chi connectivity index (χ4n) is 8.36. The first-order valence-corrected chi connectivity index (χ1v) is 22.9. The zero-order valence-electron chi connectivity index (χ0n) is 38.1. The van der Waals surface area contributed by atoms with Gasteiger partial charge in [0.1, 0.15) is 36.3 Å². The molecule has 0 aromatic heterocycles. The average molecular weight is 888 g/mol. The minimum absolute atomic E-state index is 0.0421. The van der Waals surface area contributed by atoms with Gasteiger partial charge in [0.2, 0.25) is 5.91 Å². The Labute approximate surface area is 384 Å². The highest BCUT2D eigenvalue weighted by Crippen LogP contribution is 2.34. The molecule has 2 fully saturated rings. The average Bonchev–Trinajstić information content (AvgIpc) is 3.62. The predicted molar refractivity (Wildman–Crippen MR) is 248 cm³/mol. The van der Waals surface area contributed by atoms with E-state index in [9.17, 15) is 4.79 Å². The van der Waals surface area contributed by atoms with Crippen LogP contribution < -0.4 is 10.1 Å². The van der Waals surface area contributed by atoms with Gasteiger partial charge < -0.3 is 47.9 Å². The molecular weight excluding hydrogens is 823 g/mol. The number of hydrogen-bond acceptors (Lipinski definition) is 10. The summed E-state index contributed by atoms with van der Waals surface area (Å²) in [5.41, 5.74) is 5.22. The molecule has 0 aliphatic carbocycles. The van der Waals surface area contributed by atoms with E-state index in [0.29, 0.717) is 32.7 Å². The van der Waals surface area contributed by atoms with Crippen molar-refractivity contribution >= 4 is 5.91 Å². The maximum atomic E-state index is 13.8. The molecular formula is C54H65NO10. The van der Waals surface area contributed by atoms with Gasteiger partial charge in [-0.15, -0.1) is 0 Å². The Morgan fingerprint density at radius 1 is 0.615 bits per heavy atom. The van der Waals surface area contributed by atoms with E-state index in [1.54, 1.807) is 7.11 Å². The number of rotatable bonds is 24. The van der Waals surface area contributed by atoms with Crippen molar-refractivity contribution in [3.8, 4) is 5.75 Å². The van der Waals surface area contributed by atoms with Crippen LogP contribution in [0.2, 0.25) is 0 Å². The number of ether oxygens (including phenoxy) is 9. The van der Waals surface area contributed by atoms with Crippen molar-refractivity contribution in [1.82, 2.24) is 5.32 Å². The van der Waals surface area contributed by atoms with E-state index in [-0.39, 0.29) is 31.8 Å². The third-order valence-corrected chi connectivity index (χ3v) is 11.7. The zero-order valence-corrected chi connectivity index (χ0v) is 38.1. The molecule has 0 radical (unpaired) electrons. The molecule has 65 heavy (non-hydrogen) atoms. The molecule has 2 aliphatic heterocycles. The first-order valence-electron chi connectivity index (χ1n) is 22.9. The minimum Gasteiger partial charge on any atom is -0.497 e. The summed E-state index contributed by atoms with van der Waals surface area (Å²) in [4.78, 5) is 13.8. The molecule has 0 bridgehead atoms. The summed E-state index contributed by atoms with van der Waals surface area (Å²) in [6, 6.07) is 47.6. The van der Waals surface area contributed by atoms with Gasteiger partial charge in [-0.2, -0.15) is 0 Å². The van der Waals surface area contributed by atoms with Crippen molar-refractivity contribution in [2.24, 2.45) is 0 Å². The van der Waals surface area contributed by atoms with Crippen LogP contribution in [0.4, 0.5) is 0 Å². The highest BCUT2D eigenvalue weighted by Gasteiger charge is 2.50. The van der Waals surface area contributed by atoms with Gasteiger partial charge in [0.05, 0.1) is 58.9 Å². The fraction of sp³-hybridized carbons (Fsp3) is 0.426. The molecule has 1 N–H and O–H groups in total. The monoisotopic (exact) mass is 887 g/mol. The molecule has 8 atom stereocenters. The van der Waals surface area contributed by atoms with Gasteiger partial charge in [0.15, 0.2) is 12.1 Å². The summed E-state index contributed by atoms with van der Waals surface area (Å²) in [6.07, 6.45) is -1.72. The number of carbonyl (C=O) groups excluding carboxylic acids is 1. The van der Waals surface area contributed by atoms with Gasteiger partial charge in [-0.05, 0) is 80.0 Å². The summed E-state index contributed by atoms with van der Waals surface area (Å²) < 4.78 is 58.8. The van der Waals surface area contributed by atoms with E-state index in [0.717, 1.165) is 40.8 Å². The smallest absolute Gasteiger partial charge is 0.220 e. The maximum Gasteiger partial charge on any atom is 0.220 e. The van der Waals surface area contributed by atoms with Crippen LogP contribution in [-0.2, 0) is 75.5 Å². The van der Waals surface area contributed by atoms with E-state index in [1.807, 2.05) is 154 Å². The lowest BCUT2D eigenvalue weighted by Crippen LogP contribution is -2.62. The SMILES string of the molecule is COc1ccc(CCCCC(=O)N[C@@H](COC2OC(COCc3ccccc3)C(OCc3ccccc3)C(OCc3ccccc3)C2OCc2ccccc2)[C@@H]2OC(C)(C)O[C@@H]2C)cc1. The molecule has 2 saturated heterocycles. The summed E-state index contributed by atoms with van der Waals surface area (Å²) in [5.74, 6) is -0.126. The summed E-state index contributed by atoms with van der Waals surface area (Å²) in [6.45, 7) is 7.19. The summed E-state index contributed by atoms with van der Waals surface area (Å²) >= 11 is 0. The van der Waals surface area contributed by atoms with Crippen molar-refractivity contribution in [2.45, 2.75) is 128 Å². The van der Waals surface area contributed by atoms with E-state index < -0.39 is 48.6 Å². The molecule has 2 aliphatic rings. The quantitative estimate of drug-likeness (QED) is 0.0603. The number of nitrogens with one attached hydrogen (secondary N) is 1. The lowest BCUT2D eigenvalue weighted by atomic mass is 9.97.